The van der Waals surface area contributed by atoms with Gasteiger partial charge in [0.25, 0.3) is 5.91 Å². The number of urea groups is 1. The fourth-order valence-electron chi connectivity index (χ4n) is 5.90. The van der Waals surface area contributed by atoms with Crippen molar-refractivity contribution in [3.8, 4) is 5.75 Å². The lowest BCUT2D eigenvalue weighted by Gasteiger charge is -2.50. The highest BCUT2D eigenvalue weighted by atomic mass is 35.5. The highest BCUT2D eigenvalue weighted by Crippen LogP contribution is 2.46. The Balaban J connectivity index is 1.16. The topological polar surface area (TPSA) is 65.1 Å². The summed E-state index contributed by atoms with van der Waals surface area (Å²) in [4.78, 5) is 32.4. The van der Waals surface area contributed by atoms with Gasteiger partial charge in [-0.25, -0.2) is 4.79 Å². The van der Waals surface area contributed by atoms with E-state index in [1.807, 2.05) is 36.1 Å². The highest BCUT2D eigenvalue weighted by molar-refractivity contribution is 6.30. The van der Waals surface area contributed by atoms with Gasteiger partial charge in [0, 0.05) is 60.1 Å². The summed E-state index contributed by atoms with van der Waals surface area (Å²) in [5, 5.41) is 3.70. The molecule has 3 heterocycles. The molecule has 3 aromatic rings. The lowest BCUT2D eigenvalue weighted by Crippen LogP contribution is -2.65. The smallest absolute Gasteiger partial charge is 0.325 e. The summed E-state index contributed by atoms with van der Waals surface area (Å²) >= 11 is 6.18. The van der Waals surface area contributed by atoms with E-state index in [4.69, 9.17) is 16.3 Å². The maximum atomic E-state index is 13.3. The van der Waals surface area contributed by atoms with Gasteiger partial charge in [-0.15, -0.1) is 0 Å². The Morgan fingerprint density at radius 1 is 1.03 bits per heavy atom. The lowest BCUT2D eigenvalue weighted by molar-refractivity contribution is 0.0379. The van der Waals surface area contributed by atoms with Gasteiger partial charge in [0.2, 0.25) is 0 Å². The SMILES string of the molecule is Cc1cccc(N2CCN(C(=O)c3ccc(N4C(=O)N[C@H]5C[C@@]4(C)Oc4ccc(Cl)cc45)cc3)CC2)c1C. The minimum Gasteiger partial charge on any atom is -0.467 e. The first-order valence-electron chi connectivity index (χ1n) is 13.0. The van der Waals surface area contributed by atoms with E-state index in [0.717, 1.165) is 18.7 Å². The number of nitrogens with zero attached hydrogens (tertiary/aromatic N) is 3. The van der Waals surface area contributed by atoms with Crippen LogP contribution in [0.25, 0.3) is 0 Å². The molecule has 0 spiro atoms. The number of amides is 3. The third-order valence-electron chi connectivity index (χ3n) is 8.09. The quantitative estimate of drug-likeness (QED) is 0.472. The Morgan fingerprint density at radius 2 is 1.76 bits per heavy atom. The second-order valence-corrected chi connectivity index (χ2v) is 11.0. The first kappa shape index (κ1) is 24.6. The lowest BCUT2D eigenvalue weighted by atomic mass is 9.90. The van der Waals surface area contributed by atoms with Crippen molar-refractivity contribution < 1.29 is 14.3 Å². The summed E-state index contributed by atoms with van der Waals surface area (Å²) < 4.78 is 6.34. The molecule has 2 fully saturated rings. The predicted octanol–water partition coefficient (Wildman–Crippen LogP) is 5.69. The molecule has 2 saturated heterocycles. The van der Waals surface area contributed by atoms with E-state index in [1.165, 1.54) is 16.8 Å². The predicted molar refractivity (Wildman–Crippen MR) is 149 cm³/mol. The number of carbonyl (C=O) groups is 2. The van der Waals surface area contributed by atoms with Crippen LogP contribution in [0, 0.1) is 13.8 Å². The first-order valence-corrected chi connectivity index (χ1v) is 13.4. The van der Waals surface area contributed by atoms with Gasteiger partial charge in [-0.05, 0) is 80.4 Å². The summed E-state index contributed by atoms with van der Waals surface area (Å²) in [5.74, 6) is 0.719. The van der Waals surface area contributed by atoms with Crippen LogP contribution < -0.4 is 19.9 Å². The molecule has 0 unspecified atom stereocenters. The molecule has 2 bridgehead atoms. The standard InChI is InChI=1S/C30H31ClN4O3/c1-19-5-4-6-26(20(19)2)33-13-15-34(16-14-33)28(36)21-7-10-23(11-8-21)35-29(37)32-25-18-30(35,3)38-27-12-9-22(31)17-24(25)27/h4-12,17,25H,13-16,18H2,1-3H3,(H,32,37)/t25-,30+/m0/s1. The molecule has 7 nitrogen and oxygen atoms in total. The van der Waals surface area contributed by atoms with Crippen molar-refractivity contribution in [1.29, 1.82) is 0 Å². The van der Waals surface area contributed by atoms with E-state index in [9.17, 15) is 9.59 Å². The molecule has 3 aliphatic rings. The van der Waals surface area contributed by atoms with Crippen LogP contribution in [0.1, 0.15) is 46.4 Å². The number of hydrogen-bond acceptors (Lipinski definition) is 4. The molecule has 3 aromatic carbocycles. The summed E-state index contributed by atoms with van der Waals surface area (Å²) in [6, 6.07) is 18.7. The van der Waals surface area contributed by atoms with Crippen LogP contribution in [0.5, 0.6) is 5.75 Å². The Kier molecular flexibility index (Phi) is 5.99. The summed E-state index contributed by atoms with van der Waals surface area (Å²) in [5.41, 5.74) is 5.13. The van der Waals surface area contributed by atoms with Crippen molar-refractivity contribution >= 4 is 34.9 Å². The summed E-state index contributed by atoms with van der Waals surface area (Å²) in [6.07, 6.45) is 0.581. The molecule has 196 valence electrons. The van der Waals surface area contributed by atoms with Crippen LogP contribution in [0.2, 0.25) is 5.02 Å². The average Bonchev–Trinajstić information content (AvgIpc) is 2.90. The molecular weight excluding hydrogens is 500 g/mol. The first-order chi connectivity index (χ1) is 18.2. The number of ether oxygens (including phenoxy) is 1. The van der Waals surface area contributed by atoms with Gasteiger partial charge in [-0.2, -0.15) is 0 Å². The van der Waals surface area contributed by atoms with E-state index >= 15 is 0 Å². The number of halogens is 1. The van der Waals surface area contributed by atoms with Crippen molar-refractivity contribution in [2.24, 2.45) is 0 Å². The van der Waals surface area contributed by atoms with Gasteiger partial charge in [-0.1, -0.05) is 23.7 Å². The van der Waals surface area contributed by atoms with Gasteiger partial charge in [0.05, 0.1) is 6.04 Å². The molecule has 0 aliphatic carbocycles. The Hall–Kier alpha value is -3.71. The van der Waals surface area contributed by atoms with E-state index in [0.29, 0.717) is 41.5 Å². The molecule has 38 heavy (non-hydrogen) atoms. The minimum atomic E-state index is -0.858. The number of aryl methyl sites for hydroxylation is 1. The fraction of sp³-hybridized carbons (Fsp3) is 0.333. The van der Waals surface area contributed by atoms with Gasteiger partial charge in [0.1, 0.15) is 5.75 Å². The van der Waals surface area contributed by atoms with Crippen LogP contribution in [-0.4, -0.2) is 48.7 Å². The van der Waals surface area contributed by atoms with Crippen molar-refractivity contribution in [1.82, 2.24) is 10.2 Å². The molecule has 3 aliphatic heterocycles. The van der Waals surface area contributed by atoms with Gasteiger partial charge < -0.3 is 19.9 Å². The third kappa shape index (κ3) is 4.15. The molecule has 3 amide bonds. The van der Waals surface area contributed by atoms with Crippen LogP contribution in [0.4, 0.5) is 16.2 Å². The highest BCUT2D eigenvalue weighted by Gasteiger charge is 2.49. The van der Waals surface area contributed by atoms with Gasteiger partial charge in [0.15, 0.2) is 5.72 Å². The minimum absolute atomic E-state index is 0.00579. The van der Waals surface area contributed by atoms with Crippen LogP contribution >= 0.6 is 11.6 Å². The summed E-state index contributed by atoms with van der Waals surface area (Å²) in [7, 11) is 0. The van der Waals surface area contributed by atoms with Gasteiger partial charge >= 0.3 is 6.03 Å². The number of benzene rings is 3. The second-order valence-electron chi connectivity index (χ2n) is 10.5. The number of nitrogens with one attached hydrogen (secondary N) is 1. The summed E-state index contributed by atoms with van der Waals surface area (Å²) in [6.45, 7) is 9.13. The molecule has 2 atom stereocenters. The maximum Gasteiger partial charge on any atom is 0.325 e. The van der Waals surface area contributed by atoms with Crippen LogP contribution in [0.3, 0.4) is 0 Å². The number of rotatable bonds is 3. The van der Waals surface area contributed by atoms with Crippen molar-refractivity contribution in [2.45, 2.75) is 39.0 Å². The van der Waals surface area contributed by atoms with E-state index in [1.54, 1.807) is 23.1 Å². The van der Waals surface area contributed by atoms with Crippen molar-refractivity contribution in [2.75, 3.05) is 36.0 Å². The molecule has 8 heteroatoms. The van der Waals surface area contributed by atoms with E-state index in [2.05, 4.69) is 42.3 Å². The molecule has 0 radical (unpaired) electrons. The molecular formula is C30H31ClN4O3. The molecule has 0 saturated carbocycles. The normalized spacial score (nSPS) is 22.5. The number of piperazine rings is 1. The van der Waals surface area contributed by atoms with Gasteiger partial charge in [-0.3, -0.25) is 9.69 Å². The van der Waals surface area contributed by atoms with Crippen molar-refractivity contribution in [3.63, 3.8) is 0 Å². The van der Waals surface area contributed by atoms with Crippen LogP contribution in [-0.2, 0) is 0 Å². The molecule has 1 N–H and O–H groups in total. The zero-order valence-electron chi connectivity index (χ0n) is 21.8. The molecule has 6 rings (SSSR count). The Morgan fingerprint density at radius 3 is 2.50 bits per heavy atom. The zero-order valence-corrected chi connectivity index (χ0v) is 22.6. The maximum absolute atomic E-state index is 13.3. The Bertz CT molecular complexity index is 1420. The number of fused-ring (bicyclic) bond motifs is 4. The zero-order chi connectivity index (χ0) is 26.6. The van der Waals surface area contributed by atoms with E-state index in [-0.39, 0.29) is 18.0 Å². The van der Waals surface area contributed by atoms with Crippen molar-refractivity contribution in [3.05, 3.63) is 87.9 Å². The monoisotopic (exact) mass is 530 g/mol. The van der Waals surface area contributed by atoms with E-state index < -0.39 is 5.72 Å². The molecule has 0 aromatic heterocycles. The third-order valence-corrected chi connectivity index (χ3v) is 8.32. The second kappa shape index (κ2) is 9.24. The largest absolute Gasteiger partial charge is 0.467 e. The number of hydrogen-bond donors (Lipinski definition) is 1. The average molecular weight is 531 g/mol. The number of anilines is 2. The number of carbonyl (C=O) groups excluding carboxylic acids is 2. The fourth-order valence-corrected chi connectivity index (χ4v) is 6.08. The van der Waals surface area contributed by atoms with Crippen LogP contribution in [0.15, 0.2) is 60.7 Å². The Labute approximate surface area is 227 Å².